The van der Waals surface area contributed by atoms with Crippen molar-refractivity contribution in [2.45, 2.75) is 188 Å². The number of hydrogen-bond acceptors (Lipinski definition) is 23. The maximum Gasteiger partial charge on any atom is 0.311 e. The molecule has 0 aromatic heterocycles. The molecule has 0 saturated carbocycles. The van der Waals surface area contributed by atoms with Crippen molar-refractivity contribution in [3.05, 3.63) is 71.8 Å². The molecule has 3 fully saturated rings. The zero-order valence-corrected chi connectivity index (χ0v) is 45.9. The van der Waals surface area contributed by atoms with Crippen LogP contribution in [0.25, 0.3) is 0 Å². The van der Waals surface area contributed by atoms with Gasteiger partial charge in [0.2, 0.25) is 5.91 Å². The van der Waals surface area contributed by atoms with E-state index in [2.05, 4.69) is 5.32 Å². The van der Waals surface area contributed by atoms with Crippen LogP contribution in [0.15, 0.2) is 60.7 Å². The lowest BCUT2D eigenvalue weighted by Crippen LogP contribution is -2.71. The second kappa shape index (κ2) is 28.2. The van der Waals surface area contributed by atoms with E-state index in [0.717, 1.165) is 47.1 Å². The number of nitrogens with one attached hydrogen (secondary N) is 1. The van der Waals surface area contributed by atoms with Crippen molar-refractivity contribution in [2.24, 2.45) is 10.8 Å². The Kier molecular flexibility index (Phi) is 22.6. The molecular weight excluding hydrogens is 1030 g/mol. The third-order valence-electron chi connectivity index (χ3n) is 12.0. The van der Waals surface area contributed by atoms with Crippen molar-refractivity contribution in [1.29, 1.82) is 0 Å². The number of benzene rings is 2. The molecule has 3 heterocycles. The fraction of sp³-hybridized carbons (Fsp3) is 0.630. The molecule has 2 aromatic rings. The van der Waals surface area contributed by atoms with E-state index in [0.29, 0.717) is 5.56 Å². The number of aliphatic hydroxyl groups is 1. The molecular formula is C54H73NO23. The smallest absolute Gasteiger partial charge is 0.311 e. The molecule has 0 radical (unpaired) electrons. The van der Waals surface area contributed by atoms with E-state index in [1.165, 1.54) is 0 Å². The SMILES string of the molecule is CC(=O)N[C@H]1[C@H](O[C@@H]2[C@@H](OC(C)=O)[C@H](O)O[C@H](COC(=O)C(C)(C)C)[C@@H]2OC(C)=O)O[C@H](COCc2ccccc2)[C@@H](OCc2ccccc2)[C@@H]1O[C@@H]1O[C@H](COC(=O)C(C)(C)C)[C@H](OC(C)=O)[C@H](OC(C)=O)[C@H]1OC(C)=O. The molecule has 3 aliphatic heterocycles. The Morgan fingerprint density at radius 1 is 0.474 bits per heavy atom. The van der Waals surface area contributed by atoms with Crippen molar-refractivity contribution in [1.82, 2.24) is 5.32 Å². The zero-order valence-electron chi connectivity index (χ0n) is 45.9. The Morgan fingerprint density at radius 3 is 1.37 bits per heavy atom. The normalized spacial score (nSPS) is 29.2. The monoisotopic (exact) mass is 1100 g/mol. The number of hydrogen-bond donors (Lipinski definition) is 2. The van der Waals surface area contributed by atoms with Crippen LogP contribution in [0.4, 0.5) is 0 Å². The Hall–Kier alpha value is -6.12. The number of esters is 7. The fourth-order valence-corrected chi connectivity index (χ4v) is 8.53. The van der Waals surface area contributed by atoms with E-state index in [1.807, 2.05) is 30.3 Å². The van der Waals surface area contributed by atoms with Crippen LogP contribution in [0.2, 0.25) is 0 Å². The average molecular weight is 1100 g/mol. The summed E-state index contributed by atoms with van der Waals surface area (Å²) in [5.41, 5.74) is -0.641. The van der Waals surface area contributed by atoms with E-state index >= 15 is 0 Å². The van der Waals surface area contributed by atoms with Gasteiger partial charge < -0.3 is 76.7 Å². The van der Waals surface area contributed by atoms with Gasteiger partial charge in [-0.15, -0.1) is 0 Å². The molecule has 1 amide bonds. The second-order valence-corrected chi connectivity index (χ2v) is 20.9. The minimum atomic E-state index is -2.03. The number of amides is 1. The molecule has 15 atom stereocenters. The molecule has 0 unspecified atom stereocenters. The highest BCUT2D eigenvalue weighted by Crippen LogP contribution is 2.38. The minimum Gasteiger partial charge on any atom is -0.462 e. The first kappa shape index (κ1) is 62.7. The van der Waals surface area contributed by atoms with Gasteiger partial charge in [-0.2, -0.15) is 0 Å². The number of carbonyl (C=O) groups is 8. The maximum absolute atomic E-state index is 13.6. The van der Waals surface area contributed by atoms with Crippen molar-refractivity contribution in [3.8, 4) is 0 Å². The Labute approximate surface area is 452 Å². The van der Waals surface area contributed by atoms with Crippen LogP contribution in [0.1, 0.15) is 94.2 Å². The highest BCUT2D eigenvalue weighted by atomic mass is 16.8. The average Bonchev–Trinajstić information content (AvgIpc) is 3.38. The summed E-state index contributed by atoms with van der Waals surface area (Å²) >= 11 is 0. The molecule has 432 valence electrons. The van der Waals surface area contributed by atoms with Crippen LogP contribution in [0.5, 0.6) is 0 Å². The first-order valence-electron chi connectivity index (χ1n) is 25.3. The molecule has 5 rings (SSSR count). The summed E-state index contributed by atoms with van der Waals surface area (Å²) in [6.45, 7) is 14.3. The lowest BCUT2D eigenvalue weighted by molar-refractivity contribution is -0.368. The highest BCUT2D eigenvalue weighted by Gasteiger charge is 2.59. The van der Waals surface area contributed by atoms with Gasteiger partial charge >= 0.3 is 41.8 Å². The Balaban J connectivity index is 1.73. The summed E-state index contributed by atoms with van der Waals surface area (Å²) in [4.78, 5) is 104. The zero-order chi connectivity index (χ0) is 57.6. The quantitative estimate of drug-likeness (QED) is 0.134. The third kappa shape index (κ3) is 18.2. The van der Waals surface area contributed by atoms with E-state index in [4.69, 9.17) is 66.3 Å². The summed E-state index contributed by atoms with van der Waals surface area (Å²) in [5, 5.41) is 14.3. The van der Waals surface area contributed by atoms with Gasteiger partial charge in [-0.1, -0.05) is 60.7 Å². The standard InChI is InChI=1S/C54H73NO23/c1-28(56)55-39-43(77-50-47(73-33(6)61)45(71-31(4)59)42(70-30(3)58)38(76-50)27-68-52(64)54(10,11)12)40(66-24-35-21-17-14-18-22-35)36(25-65-23-34-19-15-13-16-20-34)75-49(39)78-44-41(69-29(2)57)37(26-67-51(63)53(7,8)9)74-48(62)46(44)72-32(5)60/h13-22,36-50,62H,23-27H2,1-12H3,(H,55,56)/t36-,37-,38-,39-,40-,41+,42+,43-,44+,45+,46-,47-,48-,49+,50+/m1/s1. The van der Waals surface area contributed by atoms with Crippen LogP contribution in [-0.4, -0.2) is 165 Å². The van der Waals surface area contributed by atoms with Crippen LogP contribution >= 0.6 is 0 Å². The van der Waals surface area contributed by atoms with Gasteiger partial charge in [0.15, 0.2) is 49.4 Å². The summed E-state index contributed by atoms with van der Waals surface area (Å²) in [6, 6.07) is 16.3. The Morgan fingerprint density at radius 2 is 0.885 bits per heavy atom. The second-order valence-electron chi connectivity index (χ2n) is 20.9. The molecule has 24 heteroatoms. The highest BCUT2D eigenvalue weighted by molar-refractivity contribution is 5.76. The lowest BCUT2D eigenvalue weighted by atomic mass is 9.93. The number of aliphatic hydroxyl groups excluding tert-OH is 1. The van der Waals surface area contributed by atoms with Crippen LogP contribution in [0, 0.1) is 10.8 Å². The lowest BCUT2D eigenvalue weighted by Gasteiger charge is -2.51. The van der Waals surface area contributed by atoms with E-state index < -0.39 is 164 Å². The van der Waals surface area contributed by atoms with Crippen molar-refractivity contribution < 1.29 is 110 Å². The van der Waals surface area contributed by atoms with Crippen molar-refractivity contribution in [3.63, 3.8) is 0 Å². The van der Waals surface area contributed by atoms with E-state index in [1.54, 1.807) is 71.9 Å². The molecule has 2 N–H and O–H groups in total. The van der Waals surface area contributed by atoms with Crippen LogP contribution < -0.4 is 5.32 Å². The molecule has 3 aliphatic rings. The molecule has 0 bridgehead atoms. The van der Waals surface area contributed by atoms with Gasteiger partial charge in [0.05, 0.1) is 30.7 Å². The largest absolute Gasteiger partial charge is 0.462 e. The molecule has 3 saturated heterocycles. The number of ether oxygens (including phenoxy) is 14. The first-order chi connectivity index (χ1) is 36.6. The predicted molar refractivity (Wildman–Crippen MR) is 265 cm³/mol. The topological polar surface area (TPSA) is 298 Å². The predicted octanol–water partition coefficient (Wildman–Crippen LogP) is 3.07. The van der Waals surface area contributed by atoms with Gasteiger partial charge in [-0.25, -0.2) is 0 Å². The summed E-state index contributed by atoms with van der Waals surface area (Å²) in [7, 11) is 0. The molecule has 24 nitrogen and oxygen atoms in total. The molecule has 2 aromatic carbocycles. The number of carbonyl (C=O) groups excluding carboxylic acids is 8. The van der Waals surface area contributed by atoms with Crippen LogP contribution in [0.3, 0.4) is 0 Å². The number of rotatable bonds is 21. The Bertz CT molecular complexity index is 2350. The summed E-state index contributed by atoms with van der Waals surface area (Å²) in [5.74, 6) is -6.72. The summed E-state index contributed by atoms with van der Waals surface area (Å²) < 4.78 is 85.5. The van der Waals surface area contributed by atoms with Gasteiger partial charge in [-0.05, 0) is 52.7 Å². The van der Waals surface area contributed by atoms with Crippen LogP contribution in [-0.2, 0) is 118 Å². The van der Waals surface area contributed by atoms with Gasteiger partial charge in [-0.3, -0.25) is 38.4 Å². The maximum atomic E-state index is 13.6. The first-order valence-corrected chi connectivity index (χ1v) is 25.3. The third-order valence-corrected chi connectivity index (χ3v) is 12.0. The van der Waals surface area contributed by atoms with E-state index in [-0.39, 0.29) is 19.8 Å². The molecule has 0 spiro atoms. The fourth-order valence-electron chi connectivity index (χ4n) is 8.53. The van der Waals surface area contributed by atoms with Gasteiger partial charge in [0.1, 0.15) is 55.9 Å². The minimum absolute atomic E-state index is 0.0271. The van der Waals surface area contributed by atoms with E-state index in [9.17, 15) is 43.5 Å². The van der Waals surface area contributed by atoms with Crippen molar-refractivity contribution in [2.75, 3.05) is 19.8 Å². The molecule has 0 aliphatic carbocycles. The summed E-state index contributed by atoms with van der Waals surface area (Å²) in [6.07, 6.45) is -23.4. The van der Waals surface area contributed by atoms with Gasteiger partial charge in [0, 0.05) is 41.5 Å². The van der Waals surface area contributed by atoms with Gasteiger partial charge in [0.25, 0.3) is 0 Å². The van der Waals surface area contributed by atoms with Crippen molar-refractivity contribution >= 4 is 47.7 Å². The molecule has 78 heavy (non-hydrogen) atoms.